The molecule has 1 heterocycles. The largest absolute Gasteiger partial charge is 0.465 e. The van der Waals surface area contributed by atoms with Crippen molar-refractivity contribution in [3.63, 3.8) is 0 Å². The van der Waals surface area contributed by atoms with Gasteiger partial charge < -0.3 is 15.7 Å². The number of carboxylic acid groups (broad SMARTS) is 1. The van der Waals surface area contributed by atoms with Crippen LogP contribution in [0.25, 0.3) is 0 Å². The Labute approximate surface area is 109 Å². The van der Waals surface area contributed by atoms with Crippen LogP contribution in [0.5, 0.6) is 0 Å². The van der Waals surface area contributed by atoms with Crippen molar-refractivity contribution in [3.8, 4) is 0 Å². The number of hydrogen-bond donors (Lipinski definition) is 2. The maximum atomic E-state index is 11.1. The van der Waals surface area contributed by atoms with Gasteiger partial charge in [0.25, 0.3) is 0 Å². The first kappa shape index (κ1) is 14.1. The summed E-state index contributed by atoms with van der Waals surface area (Å²) in [6.07, 6.45) is -1.12. The Morgan fingerprint density at radius 1 is 1.56 bits per heavy atom. The summed E-state index contributed by atoms with van der Waals surface area (Å²) in [6.45, 7) is 1.00. The van der Waals surface area contributed by atoms with Crippen molar-refractivity contribution in [2.24, 2.45) is 5.73 Å². The van der Waals surface area contributed by atoms with Crippen molar-refractivity contribution in [1.82, 2.24) is 9.80 Å². The minimum Gasteiger partial charge on any atom is -0.465 e. The number of alkyl halides is 3. The third kappa shape index (κ3) is 3.82. The van der Waals surface area contributed by atoms with E-state index >= 15 is 0 Å². The Morgan fingerprint density at radius 2 is 2.12 bits per heavy atom. The number of rotatable bonds is 2. The Kier molecular flexibility index (Phi) is 4.54. The number of amides is 1. The number of likely N-dealkylation sites (N-methyl/N-ethyl adjacent to an activating group) is 1. The lowest BCUT2D eigenvalue weighted by Crippen LogP contribution is -2.52. The van der Waals surface area contributed by atoms with Crippen LogP contribution in [-0.2, 0) is 0 Å². The molecule has 0 unspecified atom stereocenters. The highest BCUT2D eigenvalue weighted by Crippen LogP contribution is 2.29. The quantitative estimate of drug-likeness (QED) is 0.744. The van der Waals surface area contributed by atoms with Gasteiger partial charge in [0, 0.05) is 19.1 Å². The summed E-state index contributed by atoms with van der Waals surface area (Å²) >= 11 is 16.8. The predicted octanol–water partition coefficient (Wildman–Crippen LogP) is 0.978. The van der Waals surface area contributed by atoms with Gasteiger partial charge in [-0.3, -0.25) is 4.90 Å². The molecule has 0 aromatic heterocycles. The van der Waals surface area contributed by atoms with Crippen LogP contribution in [-0.4, -0.2) is 63.6 Å². The van der Waals surface area contributed by atoms with Crippen molar-refractivity contribution in [1.29, 1.82) is 0 Å². The second kappa shape index (κ2) is 5.14. The molecule has 1 fully saturated rings. The lowest BCUT2D eigenvalue weighted by molar-refractivity contribution is 0.123. The van der Waals surface area contributed by atoms with Crippen molar-refractivity contribution in [2.45, 2.75) is 15.9 Å². The molecule has 0 saturated carbocycles. The minimum absolute atomic E-state index is 0.181. The highest BCUT2D eigenvalue weighted by atomic mass is 35.6. The van der Waals surface area contributed by atoms with E-state index in [9.17, 15) is 4.79 Å². The summed E-state index contributed by atoms with van der Waals surface area (Å²) in [5.74, 6) is 0. The van der Waals surface area contributed by atoms with Crippen LogP contribution in [0, 0.1) is 0 Å². The fraction of sp³-hybridized carbons (Fsp3) is 0.875. The highest BCUT2D eigenvalue weighted by Gasteiger charge is 2.38. The van der Waals surface area contributed by atoms with Gasteiger partial charge in [-0.25, -0.2) is 4.79 Å². The summed E-state index contributed by atoms with van der Waals surface area (Å²) < 4.78 is -1.63. The molecule has 1 rings (SSSR count). The Hall–Kier alpha value is 0.0600. The monoisotopic (exact) mass is 289 g/mol. The molecule has 1 aliphatic heterocycles. The van der Waals surface area contributed by atoms with Gasteiger partial charge in [-0.15, -0.1) is 0 Å². The molecule has 1 amide bonds. The van der Waals surface area contributed by atoms with Crippen molar-refractivity contribution in [2.75, 3.05) is 26.7 Å². The Morgan fingerprint density at radius 3 is 2.44 bits per heavy atom. The van der Waals surface area contributed by atoms with E-state index in [0.29, 0.717) is 13.1 Å². The molecule has 1 aliphatic rings. The van der Waals surface area contributed by atoms with Crippen molar-refractivity contribution < 1.29 is 9.90 Å². The molecule has 16 heavy (non-hydrogen) atoms. The molecule has 94 valence electrons. The molecule has 0 bridgehead atoms. The molecule has 0 radical (unpaired) electrons. The third-order valence-corrected chi connectivity index (χ3v) is 2.87. The standard InChI is InChI=1S/C8H14Cl3N3O2/c1-13-2-5(12)6(3-13)14(7(15)16)4-8(9,10)11/h5-6H,2-4,12H2,1H3,(H,15,16)/t5-,6+/m1/s1. The molecule has 0 aromatic carbocycles. The van der Waals surface area contributed by atoms with Crippen LogP contribution < -0.4 is 5.73 Å². The van der Waals surface area contributed by atoms with E-state index < -0.39 is 9.89 Å². The van der Waals surface area contributed by atoms with Gasteiger partial charge in [-0.1, -0.05) is 34.8 Å². The van der Waals surface area contributed by atoms with Gasteiger partial charge in [0.2, 0.25) is 3.79 Å². The molecule has 0 aliphatic carbocycles. The Bertz CT molecular complexity index is 272. The van der Waals surface area contributed by atoms with E-state index in [1.54, 1.807) is 0 Å². The van der Waals surface area contributed by atoms with E-state index in [1.807, 2.05) is 11.9 Å². The lowest BCUT2D eigenvalue weighted by Gasteiger charge is -2.30. The fourth-order valence-corrected chi connectivity index (χ4v) is 2.25. The van der Waals surface area contributed by atoms with Gasteiger partial charge in [0.05, 0.1) is 12.6 Å². The molecular formula is C8H14Cl3N3O2. The van der Waals surface area contributed by atoms with Gasteiger partial charge in [0.1, 0.15) is 0 Å². The first-order chi connectivity index (χ1) is 7.20. The molecule has 0 aromatic rings. The Balaban J connectivity index is 2.74. The second-order valence-electron chi connectivity index (χ2n) is 3.98. The number of hydrogen-bond acceptors (Lipinski definition) is 3. The summed E-state index contributed by atoms with van der Waals surface area (Å²) in [7, 11) is 1.87. The molecular weight excluding hydrogens is 276 g/mol. The molecule has 5 nitrogen and oxygen atoms in total. The van der Waals surface area contributed by atoms with Gasteiger partial charge in [-0.2, -0.15) is 0 Å². The number of carbonyl (C=O) groups is 1. The zero-order valence-corrected chi connectivity index (χ0v) is 11.0. The average Bonchev–Trinajstić information content (AvgIpc) is 2.39. The predicted molar refractivity (Wildman–Crippen MR) is 64.3 cm³/mol. The molecule has 2 atom stereocenters. The number of likely N-dealkylation sites (tertiary alicyclic amines) is 1. The first-order valence-electron chi connectivity index (χ1n) is 4.71. The maximum Gasteiger partial charge on any atom is 0.407 e. The zero-order valence-electron chi connectivity index (χ0n) is 8.74. The first-order valence-corrected chi connectivity index (χ1v) is 5.84. The molecule has 1 saturated heterocycles. The minimum atomic E-state index is -1.63. The van der Waals surface area contributed by atoms with Crippen LogP contribution in [0.1, 0.15) is 0 Å². The smallest absolute Gasteiger partial charge is 0.407 e. The van der Waals surface area contributed by atoms with E-state index in [4.69, 9.17) is 45.6 Å². The molecule has 8 heteroatoms. The lowest BCUT2D eigenvalue weighted by atomic mass is 10.1. The highest BCUT2D eigenvalue weighted by molar-refractivity contribution is 6.67. The van der Waals surface area contributed by atoms with E-state index in [1.165, 1.54) is 0 Å². The summed E-state index contributed by atoms with van der Waals surface area (Å²) in [6, 6.07) is -0.591. The van der Waals surface area contributed by atoms with Gasteiger partial charge >= 0.3 is 6.09 Å². The number of nitrogens with zero attached hydrogens (tertiary/aromatic N) is 2. The summed E-state index contributed by atoms with van der Waals surface area (Å²) in [5, 5.41) is 9.08. The van der Waals surface area contributed by atoms with E-state index in [0.717, 1.165) is 4.90 Å². The fourth-order valence-electron chi connectivity index (χ4n) is 1.86. The average molecular weight is 291 g/mol. The summed E-state index contributed by atoms with van der Waals surface area (Å²) in [4.78, 5) is 14.1. The zero-order chi connectivity index (χ0) is 12.5. The third-order valence-electron chi connectivity index (χ3n) is 2.51. The SMILES string of the molecule is CN1C[C@@H](N)[C@@H](N(CC(Cl)(Cl)Cl)C(=O)O)C1. The van der Waals surface area contributed by atoms with Crippen LogP contribution in [0.4, 0.5) is 4.79 Å². The maximum absolute atomic E-state index is 11.1. The van der Waals surface area contributed by atoms with Crippen molar-refractivity contribution >= 4 is 40.9 Å². The van der Waals surface area contributed by atoms with Crippen LogP contribution in [0.2, 0.25) is 0 Å². The topological polar surface area (TPSA) is 69.8 Å². The number of nitrogens with two attached hydrogens (primary N) is 1. The summed E-state index contributed by atoms with van der Waals surface area (Å²) in [5.41, 5.74) is 5.85. The van der Waals surface area contributed by atoms with Gasteiger partial charge in [0.15, 0.2) is 0 Å². The van der Waals surface area contributed by atoms with Gasteiger partial charge in [-0.05, 0) is 7.05 Å². The van der Waals surface area contributed by atoms with E-state index in [-0.39, 0.29) is 18.6 Å². The van der Waals surface area contributed by atoms with Crippen LogP contribution in [0.3, 0.4) is 0 Å². The number of halogens is 3. The van der Waals surface area contributed by atoms with E-state index in [2.05, 4.69) is 0 Å². The second-order valence-corrected chi connectivity index (χ2v) is 6.49. The van der Waals surface area contributed by atoms with Crippen molar-refractivity contribution in [3.05, 3.63) is 0 Å². The molecule has 0 spiro atoms. The molecule has 3 N–H and O–H groups in total. The van der Waals surface area contributed by atoms with Crippen LogP contribution >= 0.6 is 34.8 Å². The normalized spacial score (nSPS) is 27.1. The van der Waals surface area contributed by atoms with Crippen LogP contribution in [0.15, 0.2) is 0 Å².